The molecule has 0 fully saturated rings. The first-order valence-corrected chi connectivity index (χ1v) is 8.82. The number of methoxy groups -OCH3 is 1. The first-order chi connectivity index (χ1) is 12.0. The molecule has 0 unspecified atom stereocenters. The summed E-state index contributed by atoms with van der Waals surface area (Å²) in [6.45, 7) is 0.756. The van der Waals surface area contributed by atoms with Crippen LogP contribution in [0, 0.1) is 5.82 Å². The van der Waals surface area contributed by atoms with Crippen LogP contribution in [0.4, 0.5) is 4.39 Å². The summed E-state index contributed by atoms with van der Waals surface area (Å²) in [5.41, 5.74) is 1.33. The van der Waals surface area contributed by atoms with Crippen LogP contribution in [-0.2, 0) is 11.3 Å². The Balaban J connectivity index is 1.73. The molecule has 1 aromatic heterocycles. The molecule has 0 atom stereocenters. The third-order valence-corrected chi connectivity index (χ3v) is 4.38. The first-order valence-electron chi connectivity index (χ1n) is 7.88. The van der Waals surface area contributed by atoms with E-state index in [1.807, 2.05) is 5.38 Å². The average molecular weight is 364 g/mol. The van der Waals surface area contributed by atoms with Gasteiger partial charge in [0.25, 0.3) is 5.91 Å². The van der Waals surface area contributed by atoms with Crippen LogP contribution < -0.4 is 10.1 Å². The Morgan fingerprint density at radius 3 is 2.76 bits per heavy atom. The van der Waals surface area contributed by atoms with Crippen LogP contribution >= 0.6 is 11.3 Å². The van der Waals surface area contributed by atoms with E-state index in [1.165, 1.54) is 24.5 Å². The maximum absolute atomic E-state index is 13.7. The van der Waals surface area contributed by atoms with Gasteiger partial charge in [0, 0.05) is 37.5 Å². The Labute approximate surface area is 150 Å². The topological polar surface area (TPSA) is 58.6 Å². The van der Waals surface area contributed by atoms with Gasteiger partial charge in [0.1, 0.15) is 0 Å². The van der Waals surface area contributed by atoms with Gasteiger partial charge in [0.15, 0.2) is 11.6 Å². The third-order valence-electron chi connectivity index (χ3n) is 3.70. The lowest BCUT2D eigenvalue weighted by Crippen LogP contribution is -2.28. The van der Waals surface area contributed by atoms with Gasteiger partial charge in [-0.1, -0.05) is 6.07 Å². The van der Waals surface area contributed by atoms with Crippen molar-refractivity contribution < 1.29 is 18.7 Å². The molecule has 7 heteroatoms. The van der Waals surface area contributed by atoms with Gasteiger partial charge in [-0.05, 0) is 35.6 Å². The maximum Gasteiger partial charge on any atom is 0.252 e. The molecule has 1 N–H and O–H groups in total. The van der Waals surface area contributed by atoms with Crippen LogP contribution in [0.1, 0.15) is 28.8 Å². The Hall–Kier alpha value is -2.41. The van der Waals surface area contributed by atoms with Crippen molar-refractivity contribution in [1.29, 1.82) is 0 Å². The summed E-state index contributed by atoms with van der Waals surface area (Å²) >= 11 is 1.46. The largest absolute Gasteiger partial charge is 0.494 e. The molecule has 2 rings (SSSR count). The number of rotatable bonds is 8. The zero-order valence-corrected chi connectivity index (χ0v) is 15.1. The van der Waals surface area contributed by atoms with E-state index < -0.39 is 5.82 Å². The van der Waals surface area contributed by atoms with E-state index in [-0.39, 0.29) is 17.6 Å². The number of nitrogens with zero attached hydrogens (tertiary/aromatic N) is 1. The Bertz CT molecular complexity index is 719. The molecule has 1 aromatic carbocycles. The van der Waals surface area contributed by atoms with E-state index in [1.54, 1.807) is 35.5 Å². The van der Waals surface area contributed by atoms with Crippen molar-refractivity contribution in [2.75, 3.05) is 20.7 Å². The standard InChI is InChI=1S/C18H21FN2O3S/c1-21(11-13-5-6-16(24-2)15(19)10-13)17(22)4-3-8-20-18(23)14-7-9-25-12-14/h5-7,9-10,12H,3-4,8,11H2,1-2H3,(H,20,23). The second-order valence-corrected chi connectivity index (χ2v) is 6.37. The zero-order chi connectivity index (χ0) is 18.2. The van der Waals surface area contributed by atoms with Crippen LogP contribution in [0.25, 0.3) is 0 Å². The van der Waals surface area contributed by atoms with Gasteiger partial charge in [-0.15, -0.1) is 0 Å². The molecule has 0 aliphatic rings. The third kappa shape index (κ3) is 5.56. The van der Waals surface area contributed by atoms with Gasteiger partial charge in [-0.2, -0.15) is 11.3 Å². The number of carbonyl (C=O) groups excluding carboxylic acids is 2. The van der Waals surface area contributed by atoms with Gasteiger partial charge in [-0.25, -0.2) is 4.39 Å². The minimum absolute atomic E-state index is 0.0546. The lowest BCUT2D eigenvalue weighted by Gasteiger charge is -2.17. The summed E-state index contributed by atoms with van der Waals surface area (Å²) in [5.74, 6) is -0.451. The fourth-order valence-corrected chi connectivity index (χ4v) is 2.93. The molecule has 25 heavy (non-hydrogen) atoms. The molecule has 134 valence electrons. The van der Waals surface area contributed by atoms with Crippen LogP contribution in [-0.4, -0.2) is 37.4 Å². The van der Waals surface area contributed by atoms with Crippen molar-refractivity contribution in [3.05, 3.63) is 52.0 Å². The minimum Gasteiger partial charge on any atom is -0.494 e. The number of ether oxygens (including phenoxy) is 1. The van der Waals surface area contributed by atoms with Crippen molar-refractivity contribution in [2.24, 2.45) is 0 Å². The van der Waals surface area contributed by atoms with Gasteiger partial charge in [0.05, 0.1) is 7.11 Å². The number of benzene rings is 1. The number of halogens is 1. The van der Waals surface area contributed by atoms with Gasteiger partial charge in [0.2, 0.25) is 5.91 Å². The smallest absolute Gasteiger partial charge is 0.252 e. The highest BCUT2D eigenvalue weighted by molar-refractivity contribution is 7.08. The predicted octanol–water partition coefficient (Wildman–Crippen LogP) is 3.06. The molecule has 0 radical (unpaired) electrons. The highest BCUT2D eigenvalue weighted by atomic mass is 32.1. The summed E-state index contributed by atoms with van der Waals surface area (Å²) in [6, 6.07) is 6.40. The summed E-state index contributed by atoms with van der Waals surface area (Å²) < 4.78 is 18.5. The van der Waals surface area contributed by atoms with Crippen molar-refractivity contribution >= 4 is 23.2 Å². The SMILES string of the molecule is COc1ccc(CN(C)C(=O)CCCNC(=O)c2ccsc2)cc1F. The van der Waals surface area contributed by atoms with E-state index in [0.29, 0.717) is 37.1 Å². The van der Waals surface area contributed by atoms with Crippen molar-refractivity contribution in [3.63, 3.8) is 0 Å². The van der Waals surface area contributed by atoms with Gasteiger partial charge >= 0.3 is 0 Å². The fraction of sp³-hybridized carbons (Fsp3) is 0.333. The highest BCUT2D eigenvalue weighted by Gasteiger charge is 2.11. The van der Waals surface area contributed by atoms with E-state index in [0.717, 1.165) is 0 Å². The Kier molecular flexibility index (Phi) is 6.94. The Morgan fingerprint density at radius 2 is 2.12 bits per heavy atom. The number of nitrogens with one attached hydrogen (secondary N) is 1. The van der Waals surface area contributed by atoms with Gasteiger partial charge < -0.3 is 15.0 Å². The molecular weight excluding hydrogens is 343 g/mol. The summed E-state index contributed by atoms with van der Waals surface area (Å²) in [4.78, 5) is 25.4. The fourth-order valence-electron chi connectivity index (χ4n) is 2.30. The summed E-state index contributed by atoms with van der Waals surface area (Å²) in [6.07, 6.45) is 0.870. The molecule has 0 saturated heterocycles. The zero-order valence-electron chi connectivity index (χ0n) is 14.3. The minimum atomic E-state index is -0.447. The maximum atomic E-state index is 13.7. The Morgan fingerprint density at radius 1 is 1.32 bits per heavy atom. The lowest BCUT2D eigenvalue weighted by molar-refractivity contribution is -0.130. The first kappa shape index (κ1) is 18.9. The van der Waals surface area contributed by atoms with E-state index in [4.69, 9.17) is 4.74 Å². The normalized spacial score (nSPS) is 10.4. The van der Waals surface area contributed by atoms with Crippen molar-refractivity contribution in [1.82, 2.24) is 10.2 Å². The molecule has 0 spiro atoms. The molecule has 0 saturated carbocycles. The number of amides is 2. The predicted molar refractivity (Wildman–Crippen MR) is 95.3 cm³/mol. The molecule has 1 heterocycles. The summed E-state index contributed by atoms with van der Waals surface area (Å²) in [7, 11) is 3.08. The van der Waals surface area contributed by atoms with Crippen LogP contribution in [0.3, 0.4) is 0 Å². The second-order valence-electron chi connectivity index (χ2n) is 5.59. The highest BCUT2D eigenvalue weighted by Crippen LogP contribution is 2.18. The molecule has 5 nitrogen and oxygen atoms in total. The van der Waals surface area contributed by atoms with Crippen LogP contribution in [0.2, 0.25) is 0 Å². The second kappa shape index (κ2) is 9.17. The van der Waals surface area contributed by atoms with E-state index >= 15 is 0 Å². The number of carbonyl (C=O) groups is 2. The van der Waals surface area contributed by atoms with E-state index in [2.05, 4.69) is 5.32 Å². The quantitative estimate of drug-likeness (QED) is 0.733. The van der Waals surface area contributed by atoms with E-state index in [9.17, 15) is 14.0 Å². The number of hydrogen-bond acceptors (Lipinski definition) is 4. The lowest BCUT2D eigenvalue weighted by atomic mass is 10.2. The van der Waals surface area contributed by atoms with Gasteiger partial charge in [-0.3, -0.25) is 9.59 Å². The average Bonchev–Trinajstić information content (AvgIpc) is 3.13. The monoisotopic (exact) mass is 364 g/mol. The van der Waals surface area contributed by atoms with Crippen molar-refractivity contribution in [3.8, 4) is 5.75 Å². The molecule has 0 aliphatic carbocycles. The molecule has 0 aliphatic heterocycles. The molecule has 0 bridgehead atoms. The van der Waals surface area contributed by atoms with Crippen molar-refractivity contribution in [2.45, 2.75) is 19.4 Å². The summed E-state index contributed by atoms with van der Waals surface area (Å²) in [5, 5.41) is 6.41. The molecule has 2 aromatic rings. The number of hydrogen-bond donors (Lipinski definition) is 1. The molecular formula is C18H21FN2O3S. The van der Waals surface area contributed by atoms with Crippen LogP contribution in [0.5, 0.6) is 5.75 Å². The van der Waals surface area contributed by atoms with Crippen LogP contribution in [0.15, 0.2) is 35.0 Å². The number of thiophene rings is 1. The molecule has 2 amide bonds.